The smallest absolute Gasteiger partial charge is 0.223 e. The van der Waals surface area contributed by atoms with Crippen molar-refractivity contribution in [1.29, 1.82) is 0 Å². The molecule has 0 radical (unpaired) electrons. The van der Waals surface area contributed by atoms with Crippen molar-refractivity contribution in [1.82, 2.24) is 9.97 Å². The van der Waals surface area contributed by atoms with Crippen molar-refractivity contribution in [2.24, 2.45) is 0 Å². The second-order valence-corrected chi connectivity index (χ2v) is 3.41. The molecule has 1 aliphatic rings. The Morgan fingerprint density at radius 2 is 2.07 bits per heavy atom. The molecule has 0 aliphatic heterocycles. The minimum absolute atomic E-state index is 0.161. The Labute approximate surface area is 82.1 Å². The predicted octanol–water partition coefficient (Wildman–Crippen LogP) is 0.420. The van der Waals surface area contributed by atoms with Crippen LogP contribution in [0.3, 0.4) is 0 Å². The molecule has 0 spiro atoms. The van der Waals surface area contributed by atoms with E-state index in [-0.39, 0.29) is 6.10 Å². The van der Waals surface area contributed by atoms with Crippen LogP contribution in [-0.4, -0.2) is 34.3 Å². The third kappa shape index (κ3) is 1.93. The van der Waals surface area contributed by atoms with Crippen LogP contribution in [0, 0.1) is 0 Å². The Hall–Kier alpha value is -1.36. The van der Waals surface area contributed by atoms with Crippen LogP contribution in [0.15, 0.2) is 12.4 Å². The van der Waals surface area contributed by atoms with Crippen LogP contribution in [0.2, 0.25) is 0 Å². The average molecular weight is 195 g/mol. The molecule has 76 valence electrons. The van der Waals surface area contributed by atoms with Crippen LogP contribution in [-0.2, 0) is 0 Å². The molecule has 0 bridgehead atoms. The van der Waals surface area contributed by atoms with Gasteiger partial charge in [0, 0.05) is 6.04 Å². The SMILES string of the molecule is COc1cnc(NC2CC(O)C2)nc1. The minimum atomic E-state index is -0.161. The summed E-state index contributed by atoms with van der Waals surface area (Å²) in [5.74, 6) is 1.23. The maximum absolute atomic E-state index is 9.08. The maximum atomic E-state index is 9.08. The Kier molecular flexibility index (Phi) is 2.49. The fourth-order valence-electron chi connectivity index (χ4n) is 1.38. The van der Waals surface area contributed by atoms with Gasteiger partial charge in [-0.1, -0.05) is 0 Å². The van der Waals surface area contributed by atoms with E-state index in [2.05, 4.69) is 15.3 Å². The zero-order valence-electron chi connectivity index (χ0n) is 7.97. The summed E-state index contributed by atoms with van der Waals surface area (Å²) >= 11 is 0. The van der Waals surface area contributed by atoms with Crippen molar-refractivity contribution < 1.29 is 9.84 Å². The lowest BCUT2D eigenvalue weighted by Crippen LogP contribution is -2.39. The van der Waals surface area contributed by atoms with Gasteiger partial charge in [-0.25, -0.2) is 9.97 Å². The topological polar surface area (TPSA) is 67.3 Å². The first-order chi connectivity index (χ1) is 6.78. The Morgan fingerprint density at radius 1 is 1.43 bits per heavy atom. The van der Waals surface area contributed by atoms with Gasteiger partial charge in [0.15, 0.2) is 5.75 Å². The highest BCUT2D eigenvalue weighted by Gasteiger charge is 2.27. The molecule has 5 heteroatoms. The Bertz CT molecular complexity index is 295. The number of methoxy groups -OCH3 is 1. The number of rotatable bonds is 3. The van der Waals surface area contributed by atoms with Crippen molar-refractivity contribution in [3.8, 4) is 5.75 Å². The van der Waals surface area contributed by atoms with E-state index in [4.69, 9.17) is 9.84 Å². The summed E-state index contributed by atoms with van der Waals surface area (Å²) < 4.78 is 4.94. The highest BCUT2D eigenvalue weighted by atomic mass is 16.5. The van der Waals surface area contributed by atoms with Crippen LogP contribution in [0.1, 0.15) is 12.8 Å². The molecule has 1 fully saturated rings. The van der Waals surface area contributed by atoms with Gasteiger partial charge < -0.3 is 15.2 Å². The molecule has 1 aliphatic carbocycles. The number of ether oxygens (including phenoxy) is 1. The first kappa shape index (κ1) is 9.21. The summed E-state index contributed by atoms with van der Waals surface area (Å²) in [5, 5.41) is 12.2. The third-order valence-electron chi connectivity index (χ3n) is 2.31. The molecule has 1 saturated carbocycles. The first-order valence-corrected chi connectivity index (χ1v) is 4.58. The number of hydrogen-bond acceptors (Lipinski definition) is 5. The average Bonchev–Trinajstić information content (AvgIpc) is 2.17. The van der Waals surface area contributed by atoms with Crippen molar-refractivity contribution in [2.75, 3.05) is 12.4 Å². The highest BCUT2D eigenvalue weighted by molar-refractivity contribution is 5.29. The Morgan fingerprint density at radius 3 is 2.57 bits per heavy atom. The monoisotopic (exact) mass is 195 g/mol. The van der Waals surface area contributed by atoms with E-state index in [1.165, 1.54) is 0 Å². The van der Waals surface area contributed by atoms with Gasteiger partial charge in [-0.15, -0.1) is 0 Å². The highest BCUT2D eigenvalue weighted by Crippen LogP contribution is 2.22. The van der Waals surface area contributed by atoms with Gasteiger partial charge in [-0.3, -0.25) is 0 Å². The lowest BCUT2D eigenvalue weighted by Gasteiger charge is -2.31. The third-order valence-corrected chi connectivity index (χ3v) is 2.31. The van der Waals surface area contributed by atoms with Gasteiger partial charge in [-0.05, 0) is 12.8 Å². The summed E-state index contributed by atoms with van der Waals surface area (Å²) in [6.07, 6.45) is 4.62. The van der Waals surface area contributed by atoms with E-state index in [0.29, 0.717) is 17.7 Å². The van der Waals surface area contributed by atoms with Crippen LogP contribution in [0.4, 0.5) is 5.95 Å². The maximum Gasteiger partial charge on any atom is 0.223 e. The number of aliphatic hydroxyl groups excluding tert-OH is 1. The second kappa shape index (κ2) is 3.79. The number of nitrogens with zero attached hydrogens (tertiary/aromatic N) is 2. The van der Waals surface area contributed by atoms with Gasteiger partial charge in [0.1, 0.15) is 0 Å². The van der Waals surface area contributed by atoms with Gasteiger partial charge in [-0.2, -0.15) is 0 Å². The van der Waals surface area contributed by atoms with Crippen LogP contribution in [0.5, 0.6) is 5.75 Å². The number of aliphatic hydroxyl groups is 1. The first-order valence-electron chi connectivity index (χ1n) is 4.58. The van der Waals surface area contributed by atoms with Crippen molar-refractivity contribution >= 4 is 5.95 Å². The minimum Gasteiger partial charge on any atom is -0.494 e. The number of anilines is 1. The molecular formula is C9H13N3O2. The molecule has 14 heavy (non-hydrogen) atoms. The zero-order valence-corrected chi connectivity index (χ0v) is 7.97. The normalized spacial score (nSPS) is 25.3. The molecule has 1 heterocycles. The van der Waals surface area contributed by atoms with E-state index < -0.39 is 0 Å². The molecule has 0 atom stereocenters. The fraction of sp³-hybridized carbons (Fsp3) is 0.556. The van der Waals surface area contributed by atoms with Gasteiger partial charge in [0.25, 0.3) is 0 Å². The number of nitrogens with one attached hydrogen (secondary N) is 1. The quantitative estimate of drug-likeness (QED) is 0.731. The van der Waals surface area contributed by atoms with E-state index >= 15 is 0 Å². The van der Waals surface area contributed by atoms with Crippen molar-refractivity contribution in [2.45, 2.75) is 25.0 Å². The van der Waals surface area contributed by atoms with E-state index in [0.717, 1.165) is 12.8 Å². The second-order valence-electron chi connectivity index (χ2n) is 3.41. The zero-order chi connectivity index (χ0) is 9.97. The van der Waals surface area contributed by atoms with Gasteiger partial charge in [0.05, 0.1) is 25.6 Å². The van der Waals surface area contributed by atoms with E-state index in [1.54, 1.807) is 19.5 Å². The van der Waals surface area contributed by atoms with Crippen molar-refractivity contribution in [3.63, 3.8) is 0 Å². The van der Waals surface area contributed by atoms with Gasteiger partial charge >= 0.3 is 0 Å². The predicted molar refractivity (Wildman–Crippen MR) is 51.2 cm³/mol. The molecule has 0 amide bonds. The van der Waals surface area contributed by atoms with Crippen LogP contribution >= 0.6 is 0 Å². The lowest BCUT2D eigenvalue weighted by molar-refractivity contribution is 0.0834. The molecule has 2 N–H and O–H groups in total. The fourth-order valence-corrected chi connectivity index (χ4v) is 1.38. The molecular weight excluding hydrogens is 182 g/mol. The van der Waals surface area contributed by atoms with Gasteiger partial charge in [0.2, 0.25) is 5.95 Å². The van der Waals surface area contributed by atoms with Crippen LogP contribution in [0.25, 0.3) is 0 Å². The number of hydrogen-bond donors (Lipinski definition) is 2. The molecule has 2 rings (SSSR count). The molecule has 1 aromatic heterocycles. The molecule has 0 unspecified atom stereocenters. The summed E-state index contributed by atoms with van der Waals surface area (Å²) in [4.78, 5) is 8.14. The molecule has 0 saturated heterocycles. The molecule has 1 aromatic rings. The summed E-state index contributed by atoms with van der Waals surface area (Å²) in [6.45, 7) is 0. The summed E-state index contributed by atoms with van der Waals surface area (Å²) in [7, 11) is 1.58. The summed E-state index contributed by atoms with van der Waals surface area (Å²) in [5.41, 5.74) is 0. The van der Waals surface area contributed by atoms with Crippen molar-refractivity contribution in [3.05, 3.63) is 12.4 Å². The molecule has 0 aromatic carbocycles. The Balaban J connectivity index is 1.90. The largest absolute Gasteiger partial charge is 0.494 e. The summed E-state index contributed by atoms with van der Waals surface area (Å²) in [6, 6.07) is 0.304. The molecule has 5 nitrogen and oxygen atoms in total. The van der Waals surface area contributed by atoms with E-state index in [9.17, 15) is 0 Å². The van der Waals surface area contributed by atoms with E-state index in [1.807, 2.05) is 0 Å². The lowest BCUT2D eigenvalue weighted by atomic mass is 9.90. The van der Waals surface area contributed by atoms with Crippen LogP contribution < -0.4 is 10.1 Å². The number of aromatic nitrogens is 2. The standard InChI is InChI=1S/C9H13N3O2/c1-14-8-4-10-9(11-5-8)12-6-2-7(13)3-6/h4-7,13H,2-3H2,1H3,(H,10,11,12).